The monoisotopic (exact) mass is 394 g/mol. The average Bonchev–Trinajstić information content (AvgIpc) is 3.34. The highest BCUT2D eigenvalue weighted by Crippen LogP contribution is 2.36. The van der Waals surface area contributed by atoms with Gasteiger partial charge in [-0.2, -0.15) is 0 Å². The molecule has 0 spiro atoms. The molecule has 7 heteroatoms. The number of rotatable bonds is 5. The van der Waals surface area contributed by atoms with Gasteiger partial charge in [-0.15, -0.1) is 11.3 Å². The number of fused-ring (bicyclic) bond motifs is 1. The van der Waals surface area contributed by atoms with Crippen LogP contribution in [0.2, 0.25) is 0 Å². The molecule has 1 aliphatic heterocycles. The molecule has 3 aromatic rings. The van der Waals surface area contributed by atoms with Gasteiger partial charge in [0, 0.05) is 18.3 Å². The average molecular weight is 394 g/mol. The SMILES string of the molecule is CNC(=O)c1ccc(NC(=O)CN2CCC[C@@H]2c2nc3ccccc3s2)cc1. The molecule has 1 saturated heterocycles. The van der Waals surface area contributed by atoms with E-state index >= 15 is 0 Å². The van der Waals surface area contributed by atoms with Crippen LogP contribution in [0.25, 0.3) is 10.2 Å². The van der Waals surface area contributed by atoms with Crippen LogP contribution in [-0.2, 0) is 4.79 Å². The summed E-state index contributed by atoms with van der Waals surface area (Å²) in [6, 6.07) is 15.2. The van der Waals surface area contributed by atoms with Crippen molar-refractivity contribution in [2.75, 3.05) is 25.5 Å². The van der Waals surface area contributed by atoms with Crippen LogP contribution in [0.4, 0.5) is 5.69 Å². The highest BCUT2D eigenvalue weighted by atomic mass is 32.1. The minimum Gasteiger partial charge on any atom is -0.355 e. The van der Waals surface area contributed by atoms with Gasteiger partial charge in [0.05, 0.1) is 22.8 Å². The molecule has 2 aromatic carbocycles. The summed E-state index contributed by atoms with van der Waals surface area (Å²) in [6.45, 7) is 1.22. The van der Waals surface area contributed by atoms with Crippen LogP contribution in [0, 0.1) is 0 Å². The number of hydrogen-bond donors (Lipinski definition) is 2. The number of para-hydroxylation sites is 1. The van der Waals surface area contributed by atoms with Crippen LogP contribution < -0.4 is 10.6 Å². The molecule has 0 saturated carbocycles. The smallest absolute Gasteiger partial charge is 0.251 e. The van der Waals surface area contributed by atoms with E-state index in [4.69, 9.17) is 4.98 Å². The van der Waals surface area contributed by atoms with Gasteiger partial charge in [0.1, 0.15) is 5.01 Å². The maximum atomic E-state index is 12.5. The predicted octanol–water partition coefficient (Wildman–Crippen LogP) is 3.43. The first-order chi connectivity index (χ1) is 13.6. The van der Waals surface area contributed by atoms with E-state index in [1.807, 2.05) is 18.2 Å². The molecule has 2 heterocycles. The third-order valence-corrected chi connectivity index (χ3v) is 6.10. The summed E-state index contributed by atoms with van der Waals surface area (Å²) in [5.41, 5.74) is 2.28. The van der Waals surface area contributed by atoms with E-state index in [2.05, 4.69) is 21.6 Å². The van der Waals surface area contributed by atoms with Gasteiger partial charge in [0.25, 0.3) is 5.91 Å². The lowest BCUT2D eigenvalue weighted by atomic mass is 10.2. The summed E-state index contributed by atoms with van der Waals surface area (Å²) in [4.78, 5) is 31.1. The van der Waals surface area contributed by atoms with Crippen LogP contribution >= 0.6 is 11.3 Å². The molecule has 1 atom stereocenters. The number of benzene rings is 2. The largest absolute Gasteiger partial charge is 0.355 e. The second kappa shape index (κ2) is 8.08. The van der Waals surface area contributed by atoms with Crippen molar-refractivity contribution in [1.29, 1.82) is 0 Å². The van der Waals surface area contributed by atoms with Crippen molar-refractivity contribution in [3.05, 3.63) is 59.1 Å². The lowest BCUT2D eigenvalue weighted by Crippen LogP contribution is -2.32. The Morgan fingerprint density at radius 1 is 1.18 bits per heavy atom. The zero-order chi connectivity index (χ0) is 19.5. The van der Waals surface area contributed by atoms with Crippen molar-refractivity contribution < 1.29 is 9.59 Å². The minimum atomic E-state index is -0.145. The number of thiazole rings is 1. The van der Waals surface area contributed by atoms with Crippen LogP contribution in [0.5, 0.6) is 0 Å². The van der Waals surface area contributed by atoms with E-state index in [1.165, 1.54) is 4.70 Å². The number of hydrogen-bond acceptors (Lipinski definition) is 5. The van der Waals surface area contributed by atoms with Crippen molar-refractivity contribution in [2.45, 2.75) is 18.9 Å². The fourth-order valence-corrected chi connectivity index (χ4v) is 4.70. The standard InChI is InChI=1S/C21H22N4O2S/c1-22-20(27)14-8-10-15(11-9-14)23-19(26)13-25-12-4-6-17(25)21-24-16-5-2-3-7-18(16)28-21/h2-3,5,7-11,17H,4,6,12-13H2,1H3,(H,22,27)(H,23,26)/t17-/m1/s1. The van der Waals surface area contributed by atoms with Crippen molar-refractivity contribution in [2.24, 2.45) is 0 Å². The first-order valence-electron chi connectivity index (χ1n) is 9.35. The summed E-state index contributed by atoms with van der Waals surface area (Å²) in [7, 11) is 1.59. The van der Waals surface area contributed by atoms with E-state index in [0.29, 0.717) is 17.8 Å². The third kappa shape index (κ3) is 3.90. The van der Waals surface area contributed by atoms with E-state index in [1.54, 1.807) is 42.6 Å². The Kier molecular flexibility index (Phi) is 5.36. The molecular weight excluding hydrogens is 372 g/mol. The molecule has 0 unspecified atom stereocenters. The highest BCUT2D eigenvalue weighted by Gasteiger charge is 2.30. The van der Waals surface area contributed by atoms with E-state index in [-0.39, 0.29) is 17.9 Å². The Morgan fingerprint density at radius 2 is 1.96 bits per heavy atom. The zero-order valence-corrected chi connectivity index (χ0v) is 16.5. The number of likely N-dealkylation sites (tertiary alicyclic amines) is 1. The Labute approximate surface area is 167 Å². The minimum absolute atomic E-state index is 0.0549. The lowest BCUT2D eigenvalue weighted by molar-refractivity contribution is -0.117. The molecule has 28 heavy (non-hydrogen) atoms. The molecule has 0 bridgehead atoms. The van der Waals surface area contributed by atoms with E-state index < -0.39 is 0 Å². The quantitative estimate of drug-likeness (QED) is 0.695. The van der Waals surface area contributed by atoms with Gasteiger partial charge in [-0.1, -0.05) is 12.1 Å². The second-order valence-corrected chi connectivity index (χ2v) is 7.92. The van der Waals surface area contributed by atoms with Gasteiger partial charge in [-0.3, -0.25) is 14.5 Å². The van der Waals surface area contributed by atoms with Gasteiger partial charge >= 0.3 is 0 Å². The van der Waals surface area contributed by atoms with Crippen molar-refractivity contribution in [1.82, 2.24) is 15.2 Å². The number of carbonyl (C=O) groups excluding carboxylic acids is 2. The molecule has 1 aromatic heterocycles. The van der Waals surface area contributed by atoms with Crippen molar-refractivity contribution in [3.8, 4) is 0 Å². The number of nitrogens with one attached hydrogen (secondary N) is 2. The maximum absolute atomic E-state index is 12.5. The highest BCUT2D eigenvalue weighted by molar-refractivity contribution is 7.18. The summed E-state index contributed by atoms with van der Waals surface area (Å²) in [5.74, 6) is -0.200. The van der Waals surface area contributed by atoms with Gasteiger partial charge < -0.3 is 10.6 Å². The summed E-state index contributed by atoms with van der Waals surface area (Å²) >= 11 is 1.71. The Morgan fingerprint density at radius 3 is 2.71 bits per heavy atom. The third-order valence-electron chi connectivity index (χ3n) is 4.96. The Hall–Kier alpha value is -2.77. The molecule has 1 aliphatic rings. The van der Waals surface area contributed by atoms with Crippen LogP contribution in [0.3, 0.4) is 0 Å². The van der Waals surface area contributed by atoms with Crippen LogP contribution in [0.15, 0.2) is 48.5 Å². The van der Waals surface area contributed by atoms with Crippen LogP contribution in [-0.4, -0.2) is 41.8 Å². The number of carbonyl (C=O) groups is 2. The summed E-state index contributed by atoms with van der Waals surface area (Å²) in [5, 5.41) is 6.59. The predicted molar refractivity (Wildman–Crippen MR) is 112 cm³/mol. The Balaban J connectivity index is 1.41. The lowest BCUT2D eigenvalue weighted by Gasteiger charge is -2.22. The molecule has 2 amide bonds. The van der Waals surface area contributed by atoms with Gasteiger partial charge in [0.2, 0.25) is 5.91 Å². The number of amides is 2. The van der Waals surface area contributed by atoms with Crippen LogP contribution in [0.1, 0.15) is 34.2 Å². The fraction of sp³-hybridized carbons (Fsp3) is 0.286. The van der Waals surface area contributed by atoms with Crippen molar-refractivity contribution >= 4 is 39.1 Å². The van der Waals surface area contributed by atoms with E-state index in [9.17, 15) is 9.59 Å². The normalized spacial score (nSPS) is 17.0. The summed E-state index contributed by atoms with van der Waals surface area (Å²) in [6.07, 6.45) is 2.09. The first kappa shape index (κ1) is 18.6. The maximum Gasteiger partial charge on any atom is 0.251 e. The molecular formula is C21H22N4O2S. The number of nitrogens with zero attached hydrogens (tertiary/aromatic N) is 2. The molecule has 0 aliphatic carbocycles. The molecule has 144 valence electrons. The first-order valence-corrected chi connectivity index (χ1v) is 10.2. The molecule has 4 rings (SSSR count). The molecule has 0 radical (unpaired) electrons. The topological polar surface area (TPSA) is 74.3 Å². The van der Waals surface area contributed by atoms with Gasteiger partial charge in [-0.25, -0.2) is 4.98 Å². The molecule has 6 nitrogen and oxygen atoms in total. The second-order valence-electron chi connectivity index (χ2n) is 6.85. The molecule has 1 fully saturated rings. The zero-order valence-electron chi connectivity index (χ0n) is 15.6. The van der Waals surface area contributed by atoms with E-state index in [0.717, 1.165) is 29.9 Å². The molecule has 2 N–H and O–H groups in total. The van der Waals surface area contributed by atoms with Crippen molar-refractivity contribution in [3.63, 3.8) is 0 Å². The van der Waals surface area contributed by atoms with Gasteiger partial charge in [-0.05, 0) is 55.8 Å². The Bertz CT molecular complexity index is 966. The number of aromatic nitrogens is 1. The van der Waals surface area contributed by atoms with Gasteiger partial charge in [0.15, 0.2) is 0 Å². The number of anilines is 1. The fourth-order valence-electron chi connectivity index (χ4n) is 3.56. The summed E-state index contributed by atoms with van der Waals surface area (Å²) < 4.78 is 1.19.